The monoisotopic (exact) mass is 407 g/mol. The average molecular weight is 409 g/mol. The number of alkyl halides is 3. The van der Waals surface area contributed by atoms with E-state index in [1.165, 1.54) is 30.9 Å². The number of nitrogens with zero attached hydrogens (tertiary/aromatic N) is 5. The van der Waals surface area contributed by atoms with E-state index in [2.05, 4.69) is 24.9 Å². The third kappa shape index (κ3) is 6.08. The van der Waals surface area contributed by atoms with Crippen molar-refractivity contribution in [2.24, 2.45) is 0 Å². The van der Waals surface area contributed by atoms with Gasteiger partial charge < -0.3 is 0 Å². The predicted molar refractivity (Wildman–Crippen MR) is 87.3 cm³/mol. The van der Waals surface area contributed by atoms with Crippen LogP contribution in [0.1, 0.15) is 5.69 Å². The van der Waals surface area contributed by atoms with E-state index in [0.29, 0.717) is 21.6 Å². The van der Waals surface area contributed by atoms with Gasteiger partial charge in [0.25, 0.3) is 0 Å². The molecule has 0 N–H and O–H groups in total. The number of hydrogen-bond donors (Lipinski definition) is 0. The first-order valence-electron chi connectivity index (χ1n) is 6.40. The van der Waals surface area contributed by atoms with Gasteiger partial charge >= 0.3 is 6.18 Å². The van der Waals surface area contributed by atoms with Gasteiger partial charge in [-0.05, 0) is 12.1 Å². The molecule has 25 heavy (non-hydrogen) atoms. The second kappa shape index (κ2) is 8.37. The van der Waals surface area contributed by atoms with Crippen LogP contribution in [0.15, 0.2) is 43.1 Å². The summed E-state index contributed by atoms with van der Waals surface area (Å²) in [5, 5.41) is 0.949. The van der Waals surface area contributed by atoms with Gasteiger partial charge in [-0.15, -0.1) is 0 Å². The van der Waals surface area contributed by atoms with E-state index in [1.807, 2.05) is 0 Å². The van der Waals surface area contributed by atoms with E-state index in [4.69, 9.17) is 34.8 Å². The molecule has 3 rings (SSSR count). The van der Waals surface area contributed by atoms with Gasteiger partial charge in [-0.25, -0.2) is 19.9 Å². The van der Waals surface area contributed by atoms with Gasteiger partial charge in [0.2, 0.25) is 0 Å². The minimum Gasteiger partial charge on any atom is -0.251 e. The Morgan fingerprint density at radius 2 is 1.28 bits per heavy atom. The molecule has 0 unspecified atom stereocenters. The first-order valence-corrected chi connectivity index (χ1v) is 7.53. The lowest BCUT2D eigenvalue weighted by molar-refractivity contribution is -0.141. The molecule has 5 nitrogen and oxygen atoms in total. The maximum atomic E-state index is 12.3. The van der Waals surface area contributed by atoms with Crippen molar-refractivity contribution in [1.29, 1.82) is 0 Å². The van der Waals surface area contributed by atoms with Gasteiger partial charge in [-0.3, -0.25) is 4.98 Å². The number of hydrogen-bond acceptors (Lipinski definition) is 5. The third-order valence-corrected chi connectivity index (χ3v) is 3.20. The second-order valence-corrected chi connectivity index (χ2v) is 5.48. The number of rotatable bonds is 1. The molecule has 0 saturated carbocycles. The molecule has 0 radical (unpaired) electrons. The van der Waals surface area contributed by atoms with Crippen molar-refractivity contribution >= 4 is 34.8 Å². The Morgan fingerprint density at radius 1 is 0.720 bits per heavy atom. The molecule has 0 atom stereocenters. The molecule has 11 heteroatoms. The Kier molecular flexibility index (Phi) is 6.46. The van der Waals surface area contributed by atoms with Crippen molar-refractivity contribution in [2.45, 2.75) is 6.18 Å². The van der Waals surface area contributed by atoms with Gasteiger partial charge in [0.15, 0.2) is 0 Å². The minimum atomic E-state index is -4.44. The van der Waals surface area contributed by atoms with Gasteiger partial charge in [0.1, 0.15) is 33.8 Å². The van der Waals surface area contributed by atoms with E-state index >= 15 is 0 Å². The van der Waals surface area contributed by atoms with Crippen molar-refractivity contribution in [3.8, 4) is 11.3 Å². The fourth-order valence-electron chi connectivity index (χ4n) is 1.52. The average Bonchev–Trinajstić information content (AvgIpc) is 2.54. The fraction of sp³-hybridized carbons (Fsp3) is 0.0714. The molecule has 0 amide bonds. The molecule has 3 heterocycles. The van der Waals surface area contributed by atoms with Crippen molar-refractivity contribution in [3.63, 3.8) is 0 Å². The molecule has 0 aliphatic rings. The highest BCUT2D eigenvalue weighted by atomic mass is 35.5. The van der Waals surface area contributed by atoms with Gasteiger partial charge in [0, 0.05) is 23.9 Å². The Morgan fingerprint density at radius 3 is 1.68 bits per heavy atom. The summed E-state index contributed by atoms with van der Waals surface area (Å²) in [4.78, 5) is 18.1. The summed E-state index contributed by atoms with van der Waals surface area (Å²) in [7, 11) is 0. The molecule has 0 aliphatic carbocycles. The molecular formula is C14H7Cl3F3N5. The van der Waals surface area contributed by atoms with Crippen LogP contribution in [0.3, 0.4) is 0 Å². The van der Waals surface area contributed by atoms with E-state index < -0.39 is 11.9 Å². The number of pyridine rings is 1. The molecule has 0 fully saturated rings. The molecule has 0 aliphatic heterocycles. The quantitative estimate of drug-likeness (QED) is 0.531. The van der Waals surface area contributed by atoms with Crippen molar-refractivity contribution in [3.05, 3.63) is 64.3 Å². The second-order valence-electron chi connectivity index (χ2n) is 4.32. The molecule has 0 spiro atoms. The van der Waals surface area contributed by atoms with Gasteiger partial charge in [0.05, 0.1) is 5.69 Å². The lowest BCUT2D eigenvalue weighted by Crippen LogP contribution is -2.07. The van der Waals surface area contributed by atoms with E-state index in [0.717, 1.165) is 12.3 Å². The zero-order valence-corrected chi connectivity index (χ0v) is 14.3. The Hall–Kier alpha value is -2.03. The Bertz CT molecular complexity index is 826. The maximum Gasteiger partial charge on any atom is 0.433 e. The van der Waals surface area contributed by atoms with Crippen molar-refractivity contribution in [1.82, 2.24) is 24.9 Å². The van der Waals surface area contributed by atoms with Crippen molar-refractivity contribution in [2.75, 3.05) is 0 Å². The van der Waals surface area contributed by atoms with E-state index in [1.54, 1.807) is 0 Å². The van der Waals surface area contributed by atoms with Crippen LogP contribution in [0.5, 0.6) is 0 Å². The SMILES string of the molecule is Clc1cc(Cl)ncn1.FC(F)(F)c1ccc(-c2cc(Cl)ncn2)cn1. The molecule has 3 aromatic rings. The summed E-state index contributed by atoms with van der Waals surface area (Å²) >= 11 is 16.5. The van der Waals surface area contributed by atoms with Crippen LogP contribution in [0.25, 0.3) is 11.3 Å². The first kappa shape index (κ1) is 19.3. The lowest BCUT2D eigenvalue weighted by Gasteiger charge is -2.06. The molecule has 0 aromatic carbocycles. The summed E-state index contributed by atoms with van der Waals surface area (Å²) < 4.78 is 36.8. The topological polar surface area (TPSA) is 64.5 Å². The van der Waals surface area contributed by atoms with E-state index in [9.17, 15) is 13.2 Å². The molecular weight excluding hydrogens is 402 g/mol. The van der Waals surface area contributed by atoms with Crippen LogP contribution >= 0.6 is 34.8 Å². The molecule has 0 saturated heterocycles. The summed E-state index contributed by atoms with van der Waals surface area (Å²) in [6.07, 6.45) is -0.802. The van der Waals surface area contributed by atoms with Crippen molar-refractivity contribution < 1.29 is 13.2 Å². The minimum absolute atomic E-state index is 0.217. The fourth-order valence-corrected chi connectivity index (χ4v) is 2.01. The van der Waals surface area contributed by atoms with Crippen LogP contribution < -0.4 is 0 Å². The summed E-state index contributed by atoms with van der Waals surface area (Å²) in [5.74, 6) is 0. The summed E-state index contributed by atoms with van der Waals surface area (Å²) in [6, 6.07) is 5.11. The largest absolute Gasteiger partial charge is 0.433 e. The Labute approximate surface area is 154 Å². The smallest absolute Gasteiger partial charge is 0.251 e. The van der Waals surface area contributed by atoms with Crippen LogP contribution in [0, 0.1) is 0 Å². The zero-order valence-electron chi connectivity index (χ0n) is 12.0. The molecule has 3 aromatic heterocycles. The summed E-state index contributed by atoms with van der Waals surface area (Å²) in [5.41, 5.74) is -0.0741. The van der Waals surface area contributed by atoms with E-state index in [-0.39, 0.29) is 5.15 Å². The predicted octanol–water partition coefficient (Wildman–Crippen LogP) is 4.99. The molecule has 0 bridgehead atoms. The Balaban J connectivity index is 0.000000236. The number of aromatic nitrogens is 5. The molecule has 130 valence electrons. The number of halogens is 6. The normalized spacial score (nSPS) is 10.8. The van der Waals surface area contributed by atoms with Crippen LogP contribution in [0.2, 0.25) is 15.5 Å². The lowest BCUT2D eigenvalue weighted by atomic mass is 10.2. The van der Waals surface area contributed by atoms with Crippen LogP contribution in [0.4, 0.5) is 13.2 Å². The third-order valence-electron chi connectivity index (χ3n) is 2.58. The van der Waals surface area contributed by atoms with Crippen LogP contribution in [-0.2, 0) is 6.18 Å². The zero-order chi connectivity index (χ0) is 18.4. The first-order chi connectivity index (χ1) is 11.8. The van der Waals surface area contributed by atoms with Gasteiger partial charge in [-0.2, -0.15) is 13.2 Å². The summed E-state index contributed by atoms with van der Waals surface area (Å²) in [6.45, 7) is 0. The van der Waals surface area contributed by atoms with Crippen LogP contribution in [-0.4, -0.2) is 24.9 Å². The highest BCUT2D eigenvalue weighted by molar-refractivity contribution is 6.33. The highest BCUT2D eigenvalue weighted by Gasteiger charge is 2.32. The van der Waals surface area contributed by atoms with Gasteiger partial charge in [-0.1, -0.05) is 34.8 Å². The highest BCUT2D eigenvalue weighted by Crippen LogP contribution is 2.28. The maximum absolute atomic E-state index is 12.3. The standard InChI is InChI=1S/C10H5ClF3N3.C4H2Cl2N2/c11-9-3-7(16-5-17-9)6-1-2-8(15-4-6)10(12,13)14;5-3-1-4(6)8-2-7-3/h1-5H;1-2H.